The number of β-amino-alcohol motifs (C(OH)–C–C–N with tert-alkyl or cyclic N) is 1. The van der Waals surface area contributed by atoms with Gasteiger partial charge in [0.2, 0.25) is 5.91 Å². The van der Waals surface area contributed by atoms with Gasteiger partial charge in [0, 0.05) is 6.54 Å². The highest BCUT2D eigenvalue weighted by Crippen LogP contribution is 2.08. The first-order valence-corrected chi connectivity index (χ1v) is 3.87. The van der Waals surface area contributed by atoms with E-state index in [1.54, 1.807) is 0 Å². The van der Waals surface area contributed by atoms with Gasteiger partial charge in [-0.3, -0.25) is 9.69 Å². The number of hydrogen-bond donors (Lipinski definition) is 2. The first-order chi connectivity index (χ1) is 5.18. The maximum Gasteiger partial charge on any atom is 0.231 e. The van der Waals surface area contributed by atoms with E-state index in [0.717, 1.165) is 19.4 Å². The third-order valence-corrected chi connectivity index (χ3v) is 1.86. The molecule has 4 nitrogen and oxygen atoms in total. The molecule has 11 heavy (non-hydrogen) atoms. The molecule has 0 spiro atoms. The molecular weight excluding hydrogens is 144 g/mol. The summed E-state index contributed by atoms with van der Waals surface area (Å²) < 4.78 is 0. The summed E-state index contributed by atoms with van der Waals surface area (Å²) in [6, 6.07) is 0. The Balaban J connectivity index is 2.28. The van der Waals surface area contributed by atoms with E-state index in [4.69, 9.17) is 5.73 Å². The first kappa shape index (κ1) is 8.49. The Morgan fingerprint density at radius 2 is 2.45 bits per heavy atom. The van der Waals surface area contributed by atoms with Gasteiger partial charge in [-0.15, -0.1) is 0 Å². The molecular formula is C7H14N2O2. The summed E-state index contributed by atoms with van der Waals surface area (Å²) in [7, 11) is 0. The van der Waals surface area contributed by atoms with Gasteiger partial charge in [0.05, 0.1) is 12.6 Å². The van der Waals surface area contributed by atoms with Gasteiger partial charge in [-0.25, -0.2) is 0 Å². The first-order valence-electron chi connectivity index (χ1n) is 3.87. The minimum absolute atomic E-state index is 0.275. The van der Waals surface area contributed by atoms with Crippen LogP contribution in [-0.4, -0.2) is 41.7 Å². The highest BCUT2D eigenvalue weighted by atomic mass is 16.3. The van der Waals surface area contributed by atoms with Crippen molar-refractivity contribution in [3.8, 4) is 0 Å². The molecule has 1 saturated heterocycles. The zero-order valence-electron chi connectivity index (χ0n) is 6.49. The van der Waals surface area contributed by atoms with Crippen LogP contribution in [0.4, 0.5) is 0 Å². The molecule has 4 heteroatoms. The van der Waals surface area contributed by atoms with Crippen LogP contribution in [0.1, 0.15) is 12.8 Å². The van der Waals surface area contributed by atoms with E-state index in [0.29, 0.717) is 6.54 Å². The molecule has 1 rings (SSSR count). The lowest BCUT2D eigenvalue weighted by Gasteiger charge is -2.28. The molecule has 0 radical (unpaired) electrons. The van der Waals surface area contributed by atoms with Crippen LogP contribution in [-0.2, 0) is 4.79 Å². The van der Waals surface area contributed by atoms with Crippen molar-refractivity contribution in [1.29, 1.82) is 0 Å². The lowest BCUT2D eigenvalue weighted by molar-refractivity contribution is -0.119. The van der Waals surface area contributed by atoms with Crippen molar-refractivity contribution in [2.45, 2.75) is 18.9 Å². The molecule has 0 aromatic heterocycles. The summed E-state index contributed by atoms with van der Waals surface area (Å²) in [6.07, 6.45) is 1.52. The third kappa shape index (κ3) is 2.86. The fraction of sp³-hybridized carbons (Fsp3) is 0.857. The number of aliphatic hydroxyl groups excluding tert-OH is 1. The highest BCUT2D eigenvalue weighted by molar-refractivity contribution is 5.75. The van der Waals surface area contributed by atoms with Gasteiger partial charge < -0.3 is 10.8 Å². The largest absolute Gasteiger partial charge is 0.392 e. The minimum atomic E-state index is -0.320. The molecule has 64 valence electrons. The van der Waals surface area contributed by atoms with E-state index in [2.05, 4.69) is 0 Å². The smallest absolute Gasteiger partial charge is 0.231 e. The van der Waals surface area contributed by atoms with Crippen molar-refractivity contribution in [3.63, 3.8) is 0 Å². The number of hydrogen-bond acceptors (Lipinski definition) is 3. The fourth-order valence-electron chi connectivity index (χ4n) is 1.40. The van der Waals surface area contributed by atoms with Crippen molar-refractivity contribution in [3.05, 3.63) is 0 Å². The summed E-state index contributed by atoms with van der Waals surface area (Å²) in [5.74, 6) is -0.320. The number of amides is 1. The quantitative estimate of drug-likeness (QED) is 0.537. The zero-order valence-corrected chi connectivity index (χ0v) is 6.49. The summed E-state index contributed by atoms with van der Waals surface area (Å²) in [5.41, 5.74) is 5.01. The molecule has 3 N–H and O–H groups in total. The molecule has 0 saturated carbocycles. The second-order valence-electron chi connectivity index (χ2n) is 3.00. The number of carbonyl (C=O) groups is 1. The van der Waals surface area contributed by atoms with Crippen LogP contribution < -0.4 is 5.73 Å². The maximum atomic E-state index is 10.5. The van der Waals surface area contributed by atoms with E-state index in [1.165, 1.54) is 0 Å². The number of carbonyl (C=O) groups excluding carboxylic acids is 1. The average Bonchev–Trinajstić information content (AvgIpc) is 1.85. The van der Waals surface area contributed by atoms with Gasteiger partial charge in [0.1, 0.15) is 0 Å². The van der Waals surface area contributed by atoms with E-state index in [1.807, 2.05) is 4.90 Å². The Hall–Kier alpha value is -0.610. The van der Waals surface area contributed by atoms with Crippen LogP contribution in [0.3, 0.4) is 0 Å². The molecule has 1 amide bonds. The third-order valence-electron chi connectivity index (χ3n) is 1.86. The van der Waals surface area contributed by atoms with Gasteiger partial charge in [0.25, 0.3) is 0 Å². The molecule has 1 unspecified atom stereocenters. The molecule has 0 aliphatic carbocycles. The van der Waals surface area contributed by atoms with Crippen LogP contribution >= 0.6 is 0 Å². The van der Waals surface area contributed by atoms with Gasteiger partial charge in [-0.1, -0.05) is 0 Å². The normalized spacial score (nSPS) is 26.8. The Bertz CT molecular complexity index is 149. The zero-order chi connectivity index (χ0) is 8.27. The van der Waals surface area contributed by atoms with Gasteiger partial charge in [-0.05, 0) is 19.4 Å². The monoisotopic (exact) mass is 158 g/mol. The predicted octanol–water partition coefficient (Wildman–Crippen LogP) is -1.07. The maximum absolute atomic E-state index is 10.5. The summed E-state index contributed by atoms with van der Waals surface area (Å²) in [4.78, 5) is 12.4. The number of rotatable bonds is 2. The Morgan fingerprint density at radius 1 is 1.73 bits per heavy atom. The molecule has 1 fully saturated rings. The van der Waals surface area contributed by atoms with Crippen LogP contribution in [0.2, 0.25) is 0 Å². The van der Waals surface area contributed by atoms with Crippen LogP contribution in [0.5, 0.6) is 0 Å². The summed E-state index contributed by atoms with van der Waals surface area (Å²) in [6.45, 7) is 1.74. The SMILES string of the molecule is NC(=O)CN1CCCC(O)C1. The number of aliphatic hydroxyl groups is 1. The molecule has 1 aliphatic heterocycles. The second kappa shape index (κ2) is 3.69. The highest BCUT2D eigenvalue weighted by Gasteiger charge is 2.18. The molecule has 0 aromatic carbocycles. The Kier molecular flexibility index (Phi) is 2.84. The average molecular weight is 158 g/mol. The van der Waals surface area contributed by atoms with Crippen LogP contribution in [0.15, 0.2) is 0 Å². The van der Waals surface area contributed by atoms with Crippen molar-refractivity contribution in [2.24, 2.45) is 5.73 Å². The van der Waals surface area contributed by atoms with Crippen LogP contribution in [0.25, 0.3) is 0 Å². The minimum Gasteiger partial charge on any atom is -0.392 e. The number of nitrogens with zero attached hydrogens (tertiary/aromatic N) is 1. The van der Waals surface area contributed by atoms with E-state index >= 15 is 0 Å². The van der Waals surface area contributed by atoms with E-state index in [-0.39, 0.29) is 18.6 Å². The summed E-state index contributed by atoms with van der Waals surface area (Å²) >= 11 is 0. The molecule has 1 atom stereocenters. The van der Waals surface area contributed by atoms with Crippen molar-refractivity contribution in [2.75, 3.05) is 19.6 Å². The Labute approximate surface area is 66.0 Å². The molecule has 1 aliphatic rings. The lowest BCUT2D eigenvalue weighted by Crippen LogP contribution is -2.42. The van der Waals surface area contributed by atoms with Crippen molar-refractivity contribution in [1.82, 2.24) is 4.90 Å². The molecule has 0 bridgehead atoms. The number of nitrogens with two attached hydrogens (primary N) is 1. The van der Waals surface area contributed by atoms with Crippen molar-refractivity contribution < 1.29 is 9.90 Å². The molecule has 0 aromatic rings. The van der Waals surface area contributed by atoms with Gasteiger partial charge in [-0.2, -0.15) is 0 Å². The van der Waals surface area contributed by atoms with Gasteiger partial charge in [0.15, 0.2) is 0 Å². The van der Waals surface area contributed by atoms with Gasteiger partial charge >= 0.3 is 0 Å². The predicted molar refractivity (Wildman–Crippen MR) is 40.9 cm³/mol. The van der Waals surface area contributed by atoms with E-state index < -0.39 is 0 Å². The Morgan fingerprint density at radius 3 is 3.00 bits per heavy atom. The standard InChI is InChI=1S/C7H14N2O2/c8-7(11)5-9-3-1-2-6(10)4-9/h6,10H,1-5H2,(H2,8,11). The van der Waals surface area contributed by atoms with E-state index in [9.17, 15) is 9.90 Å². The topological polar surface area (TPSA) is 66.6 Å². The lowest BCUT2D eigenvalue weighted by atomic mass is 10.1. The molecule has 1 heterocycles. The number of likely N-dealkylation sites (tertiary alicyclic amines) is 1. The van der Waals surface area contributed by atoms with Crippen molar-refractivity contribution >= 4 is 5.91 Å². The summed E-state index contributed by atoms with van der Waals surface area (Å²) in [5, 5.41) is 9.20. The fourth-order valence-corrected chi connectivity index (χ4v) is 1.40. The number of primary amides is 1. The number of piperidine rings is 1. The van der Waals surface area contributed by atoms with Crippen LogP contribution in [0, 0.1) is 0 Å². The second-order valence-corrected chi connectivity index (χ2v) is 3.00.